The maximum absolute atomic E-state index is 13.9. The zero-order valence-corrected chi connectivity index (χ0v) is 21.6. The summed E-state index contributed by atoms with van der Waals surface area (Å²) in [6.45, 7) is 1.23. The Morgan fingerprint density at radius 3 is 2.30 bits per heavy atom. The minimum absolute atomic E-state index is 0.0245. The highest BCUT2D eigenvalue weighted by molar-refractivity contribution is 7.90. The Morgan fingerprint density at radius 2 is 1.62 bits per heavy atom. The Balaban J connectivity index is 1.71. The second-order valence-corrected chi connectivity index (χ2v) is 11.2. The van der Waals surface area contributed by atoms with Crippen molar-refractivity contribution in [3.8, 4) is 5.75 Å². The van der Waals surface area contributed by atoms with Crippen LogP contribution in [0.2, 0.25) is 0 Å². The van der Waals surface area contributed by atoms with Gasteiger partial charge in [0.15, 0.2) is 5.37 Å². The van der Waals surface area contributed by atoms with Crippen LogP contribution in [0.5, 0.6) is 5.75 Å². The monoisotopic (exact) mass is 525 g/mol. The van der Waals surface area contributed by atoms with Gasteiger partial charge in [0.1, 0.15) is 11.6 Å². The molecule has 0 spiro atoms. The van der Waals surface area contributed by atoms with E-state index in [1.807, 2.05) is 30.3 Å². The number of carbonyl (C=O) groups excluding carboxylic acids is 1. The Kier molecular flexibility index (Phi) is 8.58. The molecule has 0 aromatic heterocycles. The van der Waals surface area contributed by atoms with Crippen LogP contribution in [-0.2, 0) is 23.0 Å². The molecular weight excluding hydrogens is 493 g/mol. The van der Waals surface area contributed by atoms with Gasteiger partial charge in [-0.25, -0.2) is 17.5 Å². The Hall–Kier alpha value is -3.27. The van der Waals surface area contributed by atoms with Crippen LogP contribution >= 0.6 is 0 Å². The number of nitrogens with one attached hydrogen (secondary N) is 3. The van der Waals surface area contributed by atoms with E-state index in [1.54, 1.807) is 24.3 Å². The Bertz CT molecular complexity index is 1290. The lowest BCUT2D eigenvalue weighted by molar-refractivity contribution is 0.0883. The third kappa shape index (κ3) is 6.54. The predicted molar refractivity (Wildman–Crippen MR) is 141 cm³/mol. The first-order valence-electron chi connectivity index (χ1n) is 12.2. The number of methoxy groups -OCH3 is 1. The minimum atomic E-state index is -4.08. The van der Waals surface area contributed by atoms with Gasteiger partial charge in [-0.3, -0.25) is 4.79 Å². The summed E-state index contributed by atoms with van der Waals surface area (Å²) >= 11 is 0. The van der Waals surface area contributed by atoms with Gasteiger partial charge in [-0.05, 0) is 67.7 Å². The van der Waals surface area contributed by atoms with Gasteiger partial charge in [-0.15, -0.1) is 0 Å². The molecule has 1 aliphatic rings. The number of hydrogen-bond acceptors (Lipinski definition) is 5. The second kappa shape index (κ2) is 11.9. The third-order valence-electron chi connectivity index (χ3n) is 6.87. The maximum atomic E-state index is 13.9. The van der Waals surface area contributed by atoms with E-state index >= 15 is 0 Å². The van der Waals surface area contributed by atoms with E-state index in [4.69, 9.17) is 4.74 Å². The van der Waals surface area contributed by atoms with Gasteiger partial charge in [-0.1, -0.05) is 54.6 Å². The van der Waals surface area contributed by atoms with Crippen LogP contribution < -0.4 is 20.1 Å². The number of piperidine rings is 1. The van der Waals surface area contributed by atoms with Gasteiger partial charge in [0.05, 0.1) is 12.7 Å². The zero-order valence-electron chi connectivity index (χ0n) is 20.7. The first kappa shape index (κ1) is 26.8. The van der Waals surface area contributed by atoms with Crippen molar-refractivity contribution in [1.82, 2.24) is 15.4 Å². The van der Waals surface area contributed by atoms with Crippen LogP contribution in [0.15, 0.2) is 78.9 Å². The molecule has 37 heavy (non-hydrogen) atoms. The molecular formula is C28H32FN3O4S. The molecule has 1 aliphatic heterocycles. The average Bonchev–Trinajstić information content (AvgIpc) is 2.92. The lowest BCUT2D eigenvalue weighted by atomic mass is 9.73. The number of halogens is 1. The molecule has 0 saturated carbocycles. The molecule has 1 saturated heterocycles. The number of sulfonamides is 1. The molecule has 1 amide bonds. The van der Waals surface area contributed by atoms with Crippen molar-refractivity contribution in [3.05, 3.63) is 101 Å². The Labute approximate surface area is 217 Å². The summed E-state index contributed by atoms with van der Waals surface area (Å²) in [5, 5.41) is 4.96. The molecule has 3 aromatic rings. The molecule has 3 N–H and O–H groups in total. The van der Waals surface area contributed by atoms with Gasteiger partial charge in [-0.2, -0.15) is 0 Å². The molecule has 3 aromatic carbocycles. The maximum Gasteiger partial charge on any atom is 0.256 e. The summed E-state index contributed by atoms with van der Waals surface area (Å²) in [5.41, 5.74) is 1.10. The first-order chi connectivity index (χ1) is 17.8. The van der Waals surface area contributed by atoms with E-state index in [-0.39, 0.29) is 12.1 Å². The van der Waals surface area contributed by atoms with Crippen molar-refractivity contribution in [2.45, 2.75) is 31.2 Å². The first-order valence-corrected chi connectivity index (χ1v) is 13.8. The molecule has 7 nitrogen and oxygen atoms in total. The van der Waals surface area contributed by atoms with Crippen molar-refractivity contribution in [1.29, 1.82) is 0 Å². The molecule has 1 heterocycles. The molecule has 9 heteroatoms. The number of benzene rings is 3. The lowest BCUT2D eigenvalue weighted by Crippen LogP contribution is -2.59. The predicted octanol–water partition coefficient (Wildman–Crippen LogP) is 3.62. The van der Waals surface area contributed by atoms with E-state index in [9.17, 15) is 17.6 Å². The quantitative estimate of drug-likeness (QED) is 0.376. The van der Waals surface area contributed by atoms with Crippen LogP contribution in [0.4, 0.5) is 4.39 Å². The molecule has 0 aliphatic carbocycles. The normalized spacial score (nSPS) is 16.1. The molecule has 4 rings (SSSR count). The van der Waals surface area contributed by atoms with Gasteiger partial charge in [0.2, 0.25) is 10.0 Å². The zero-order chi connectivity index (χ0) is 26.3. The lowest BCUT2D eigenvalue weighted by Gasteiger charge is -2.43. The third-order valence-corrected chi connectivity index (χ3v) is 8.65. The highest BCUT2D eigenvalue weighted by Crippen LogP contribution is 2.39. The summed E-state index contributed by atoms with van der Waals surface area (Å²) in [4.78, 5) is 13.5. The molecule has 0 bridgehead atoms. The summed E-state index contributed by atoms with van der Waals surface area (Å²) < 4.78 is 49.2. The smallest absolute Gasteiger partial charge is 0.256 e. The van der Waals surface area contributed by atoms with Crippen LogP contribution in [0.25, 0.3) is 0 Å². The number of amides is 1. The van der Waals surface area contributed by atoms with Gasteiger partial charge < -0.3 is 15.4 Å². The standard InChI is InChI=1S/C28H32FN3O4S/c1-36-25-10-6-5-9-24(25)26(33)32-27(37(34,35)31-20-22-11-13-23(29)14-12-22)28(15-17-30-18-16-28)19-21-7-3-2-4-8-21/h2-14,27,30-31H,15-20H2,1H3,(H,32,33). The summed E-state index contributed by atoms with van der Waals surface area (Å²) in [7, 11) is -2.61. The van der Waals surface area contributed by atoms with Gasteiger partial charge in [0.25, 0.3) is 5.91 Å². The van der Waals surface area contributed by atoms with Crippen LogP contribution in [0.3, 0.4) is 0 Å². The van der Waals surface area contributed by atoms with Crippen molar-refractivity contribution in [2.75, 3.05) is 20.2 Å². The highest BCUT2D eigenvalue weighted by Gasteiger charge is 2.48. The largest absolute Gasteiger partial charge is 0.496 e. The van der Waals surface area contributed by atoms with E-state index in [0.29, 0.717) is 43.7 Å². The molecule has 1 atom stereocenters. The highest BCUT2D eigenvalue weighted by atomic mass is 32.2. The van der Waals surface area contributed by atoms with Crippen molar-refractivity contribution < 1.29 is 22.3 Å². The van der Waals surface area contributed by atoms with Gasteiger partial charge in [0, 0.05) is 12.0 Å². The van der Waals surface area contributed by atoms with Crippen molar-refractivity contribution in [2.24, 2.45) is 5.41 Å². The van der Waals surface area contributed by atoms with Crippen molar-refractivity contribution >= 4 is 15.9 Å². The summed E-state index contributed by atoms with van der Waals surface area (Å²) in [6, 6.07) is 22.1. The number of hydrogen-bond donors (Lipinski definition) is 3. The molecule has 0 radical (unpaired) electrons. The SMILES string of the molecule is COc1ccccc1C(=O)NC(C1(Cc2ccccc2)CCNCC1)S(=O)(=O)NCc1ccc(F)cc1. The van der Waals surface area contributed by atoms with E-state index in [0.717, 1.165) is 5.56 Å². The Morgan fingerprint density at radius 1 is 0.973 bits per heavy atom. The number of para-hydroxylation sites is 1. The average molecular weight is 526 g/mol. The van der Waals surface area contributed by atoms with Crippen LogP contribution in [0.1, 0.15) is 34.3 Å². The number of carbonyl (C=O) groups is 1. The van der Waals surface area contributed by atoms with E-state index in [2.05, 4.69) is 15.4 Å². The fourth-order valence-corrected chi connectivity index (χ4v) is 6.69. The second-order valence-electron chi connectivity index (χ2n) is 9.32. The number of ether oxygens (including phenoxy) is 1. The van der Waals surface area contributed by atoms with E-state index < -0.39 is 32.5 Å². The minimum Gasteiger partial charge on any atom is -0.496 e. The van der Waals surface area contributed by atoms with Crippen LogP contribution in [-0.4, -0.2) is 39.9 Å². The van der Waals surface area contributed by atoms with E-state index in [1.165, 1.54) is 31.4 Å². The summed E-state index contributed by atoms with van der Waals surface area (Å²) in [5.74, 6) is -0.566. The van der Waals surface area contributed by atoms with Crippen molar-refractivity contribution in [3.63, 3.8) is 0 Å². The molecule has 1 unspecified atom stereocenters. The fourth-order valence-electron chi connectivity index (χ4n) is 4.92. The van der Waals surface area contributed by atoms with Gasteiger partial charge >= 0.3 is 0 Å². The fraction of sp³-hybridized carbons (Fsp3) is 0.321. The topological polar surface area (TPSA) is 96.5 Å². The number of rotatable bonds is 10. The molecule has 196 valence electrons. The summed E-state index contributed by atoms with van der Waals surface area (Å²) in [6.07, 6.45) is 1.58. The molecule has 1 fully saturated rings. The van der Waals surface area contributed by atoms with Crippen LogP contribution in [0, 0.1) is 11.2 Å².